The molecule has 2 heterocycles. The molecule has 2 aliphatic rings. The Morgan fingerprint density at radius 3 is 2.88 bits per heavy atom. The van der Waals surface area contributed by atoms with Crippen LogP contribution in [-0.2, 0) is 9.47 Å². The molecule has 2 saturated heterocycles. The number of rotatable bonds is 5. The summed E-state index contributed by atoms with van der Waals surface area (Å²) >= 11 is 0. The lowest BCUT2D eigenvalue weighted by molar-refractivity contribution is -0.145. The van der Waals surface area contributed by atoms with E-state index in [-0.39, 0.29) is 11.9 Å². The molecule has 0 bridgehead atoms. The molecule has 4 heteroatoms. The number of nitrogens with zero attached hydrogens (tertiary/aromatic N) is 1. The van der Waals surface area contributed by atoms with Crippen molar-refractivity contribution >= 4 is 0 Å². The lowest BCUT2D eigenvalue weighted by atomic mass is 10.2. The Balaban J connectivity index is 1.73. The molecular formula is C12H21NO3. The lowest BCUT2D eigenvalue weighted by Crippen LogP contribution is -2.37. The minimum atomic E-state index is -0.363. The Hall–Kier alpha value is -0.420. The van der Waals surface area contributed by atoms with Crippen molar-refractivity contribution in [2.24, 2.45) is 0 Å². The highest BCUT2D eigenvalue weighted by Crippen LogP contribution is 2.30. The van der Waals surface area contributed by atoms with Crippen molar-refractivity contribution in [3.63, 3.8) is 0 Å². The highest BCUT2D eigenvalue weighted by atomic mass is 16.7. The highest BCUT2D eigenvalue weighted by molar-refractivity contribution is 4.87. The van der Waals surface area contributed by atoms with Gasteiger partial charge in [-0.15, -0.1) is 6.58 Å². The molecule has 2 rings (SSSR count). The first-order valence-corrected chi connectivity index (χ1v) is 6.03. The van der Waals surface area contributed by atoms with E-state index in [2.05, 4.69) is 11.5 Å². The number of hydrogen-bond donors (Lipinski definition) is 1. The Labute approximate surface area is 96.8 Å². The molecule has 1 spiro atoms. The summed E-state index contributed by atoms with van der Waals surface area (Å²) < 4.78 is 11.3. The summed E-state index contributed by atoms with van der Waals surface area (Å²) in [5, 5.41) is 9.80. The zero-order valence-electron chi connectivity index (χ0n) is 9.73. The summed E-state index contributed by atoms with van der Waals surface area (Å²) in [6.07, 6.45) is 4.15. The average molecular weight is 227 g/mol. The zero-order chi connectivity index (χ0) is 11.4. The van der Waals surface area contributed by atoms with Gasteiger partial charge in [0.05, 0.1) is 25.9 Å². The SMILES string of the molecule is C=CCCC(O)CN1CCC2(C1)OCCO2. The second kappa shape index (κ2) is 5.27. The van der Waals surface area contributed by atoms with E-state index in [4.69, 9.17) is 9.47 Å². The quantitative estimate of drug-likeness (QED) is 0.704. The van der Waals surface area contributed by atoms with Gasteiger partial charge in [-0.05, 0) is 12.8 Å². The summed E-state index contributed by atoms with van der Waals surface area (Å²) in [7, 11) is 0. The molecule has 0 saturated carbocycles. The standard InChI is InChI=1S/C12H21NO3/c1-2-3-4-11(14)9-13-6-5-12(10-13)15-7-8-16-12/h2,11,14H,1,3-10H2. The number of aliphatic hydroxyl groups excluding tert-OH is 1. The van der Waals surface area contributed by atoms with Gasteiger partial charge in [0.2, 0.25) is 0 Å². The predicted octanol–water partition coefficient (Wildman–Crippen LogP) is 0.762. The normalized spacial score (nSPS) is 26.3. The van der Waals surface area contributed by atoms with Crippen LogP contribution in [0, 0.1) is 0 Å². The summed E-state index contributed by atoms with van der Waals surface area (Å²) in [5.74, 6) is -0.363. The molecule has 16 heavy (non-hydrogen) atoms. The summed E-state index contributed by atoms with van der Waals surface area (Å²) in [6.45, 7) is 7.51. The maximum atomic E-state index is 9.80. The summed E-state index contributed by atoms with van der Waals surface area (Å²) in [6, 6.07) is 0. The van der Waals surface area contributed by atoms with Crippen LogP contribution in [0.3, 0.4) is 0 Å². The molecule has 0 radical (unpaired) electrons. The molecule has 2 fully saturated rings. The minimum Gasteiger partial charge on any atom is -0.392 e. The fraction of sp³-hybridized carbons (Fsp3) is 0.833. The molecule has 4 nitrogen and oxygen atoms in total. The van der Waals surface area contributed by atoms with Crippen molar-refractivity contribution in [2.75, 3.05) is 32.8 Å². The van der Waals surface area contributed by atoms with Crippen molar-refractivity contribution in [3.8, 4) is 0 Å². The Kier molecular flexibility index (Phi) is 3.97. The molecule has 0 aromatic heterocycles. The van der Waals surface area contributed by atoms with Crippen molar-refractivity contribution in [2.45, 2.75) is 31.2 Å². The van der Waals surface area contributed by atoms with E-state index in [0.29, 0.717) is 19.8 Å². The number of hydrogen-bond acceptors (Lipinski definition) is 4. The zero-order valence-corrected chi connectivity index (χ0v) is 9.73. The maximum Gasteiger partial charge on any atom is 0.182 e. The lowest BCUT2D eigenvalue weighted by Gasteiger charge is -2.23. The molecular weight excluding hydrogens is 206 g/mol. The van der Waals surface area contributed by atoms with E-state index in [1.54, 1.807) is 0 Å². The Bertz CT molecular complexity index is 238. The molecule has 1 unspecified atom stereocenters. The van der Waals surface area contributed by atoms with E-state index in [1.807, 2.05) is 6.08 Å². The van der Waals surface area contributed by atoms with Crippen LogP contribution >= 0.6 is 0 Å². The summed E-state index contributed by atoms with van der Waals surface area (Å²) in [4.78, 5) is 2.22. The third-order valence-corrected chi connectivity index (χ3v) is 3.26. The average Bonchev–Trinajstić information content (AvgIpc) is 2.87. The van der Waals surface area contributed by atoms with Gasteiger partial charge in [-0.3, -0.25) is 4.90 Å². The van der Waals surface area contributed by atoms with Gasteiger partial charge in [0.25, 0.3) is 0 Å². The molecule has 2 aliphatic heterocycles. The van der Waals surface area contributed by atoms with Crippen LogP contribution in [0.15, 0.2) is 12.7 Å². The second-order valence-electron chi connectivity index (χ2n) is 4.61. The predicted molar refractivity (Wildman–Crippen MR) is 61.1 cm³/mol. The monoisotopic (exact) mass is 227 g/mol. The Morgan fingerprint density at radius 2 is 2.19 bits per heavy atom. The van der Waals surface area contributed by atoms with Crippen molar-refractivity contribution in [3.05, 3.63) is 12.7 Å². The number of likely N-dealkylation sites (tertiary alicyclic amines) is 1. The van der Waals surface area contributed by atoms with Crippen LogP contribution in [0.25, 0.3) is 0 Å². The summed E-state index contributed by atoms with van der Waals surface area (Å²) in [5.41, 5.74) is 0. The fourth-order valence-electron chi connectivity index (χ4n) is 2.42. The first-order chi connectivity index (χ1) is 7.74. The minimum absolute atomic E-state index is 0.269. The van der Waals surface area contributed by atoms with E-state index in [9.17, 15) is 5.11 Å². The smallest absolute Gasteiger partial charge is 0.182 e. The first-order valence-electron chi connectivity index (χ1n) is 6.03. The number of allylic oxidation sites excluding steroid dienone is 1. The van der Waals surface area contributed by atoms with Crippen molar-refractivity contribution in [1.82, 2.24) is 4.90 Å². The van der Waals surface area contributed by atoms with Crippen LogP contribution in [0.5, 0.6) is 0 Å². The third-order valence-electron chi connectivity index (χ3n) is 3.26. The van der Waals surface area contributed by atoms with Crippen LogP contribution in [-0.4, -0.2) is 54.7 Å². The van der Waals surface area contributed by atoms with E-state index >= 15 is 0 Å². The van der Waals surface area contributed by atoms with Crippen molar-refractivity contribution < 1.29 is 14.6 Å². The molecule has 0 aromatic rings. The van der Waals surface area contributed by atoms with Gasteiger partial charge in [-0.1, -0.05) is 6.08 Å². The molecule has 92 valence electrons. The van der Waals surface area contributed by atoms with Gasteiger partial charge in [0, 0.05) is 19.5 Å². The van der Waals surface area contributed by atoms with Crippen LogP contribution in [0.4, 0.5) is 0 Å². The van der Waals surface area contributed by atoms with Crippen LogP contribution < -0.4 is 0 Å². The Morgan fingerprint density at radius 1 is 1.44 bits per heavy atom. The molecule has 0 amide bonds. The van der Waals surface area contributed by atoms with Gasteiger partial charge in [0.1, 0.15) is 0 Å². The van der Waals surface area contributed by atoms with Gasteiger partial charge < -0.3 is 14.6 Å². The number of aliphatic hydroxyl groups is 1. The van der Waals surface area contributed by atoms with Crippen LogP contribution in [0.1, 0.15) is 19.3 Å². The van der Waals surface area contributed by atoms with Crippen LogP contribution in [0.2, 0.25) is 0 Å². The third kappa shape index (κ3) is 2.83. The largest absolute Gasteiger partial charge is 0.392 e. The molecule has 1 atom stereocenters. The van der Waals surface area contributed by atoms with E-state index in [0.717, 1.165) is 32.4 Å². The topological polar surface area (TPSA) is 41.9 Å². The fourth-order valence-corrected chi connectivity index (χ4v) is 2.42. The van der Waals surface area contributed by atoms with Gasteiger partial charge in [0.15, 0.2) is 5.79 Å². The van der Waals surface area contributed by atoms with Gasteiger partial charge in [-0.2, -0.15) is 0 Å². The number of β-amino-alcohol motifs (C(OH)–C–C–N with tert-alkyl or cyclic N) is 1. The van der Waals surface area contributed by atoms with Crippen molar-refractivity contribution in [1.29, 1.82) is 0 Å². The molecule has 1 N–H and O–H groups in total. The number of ether oxygens (including phenoxy) is 2. The van der Waals surface area contributed by atoms with E-state index in [1.165, 1.54) is 0 Å². The van der Waals surface area contributed by atoms with Gasteiger partial charge >= 0.3 is 0 Å². The first kappa shape index (κ1) is 12.0. The van der Waals surface area contributed by atoms with Gasteiger partial charge in [-0.25, -0.2) is 0 Å². The maximum absolute atomic E-state index is 9.80. The van der Waals surface area contributed by atoms with E-state index < -0.39 is 0 Å². The second-order valence-corrected chi connectivity index (χ2v) is 4.61. The highest BCUT2D eigenvalue weighted by Gasteiger charge is 2.43. The molecule has 0 aromatic carbocycles. The molecule has 0 aliphatic carbocycles.